The largest absolute Gasteiger partial charge is 0.339 e. The van der Waals surface area contributed by atoms with Gasteiger partial charge >= 0.3 is 0 Å². The Morgan fingerprint density at radius 2 is 0.892 bits per heavy atom. The Hall–Kier alpha value is -2.40. The van der Waals surface area contributed by atoms with Gasteiger partial charge in [0, 0.05) is 53.4 Å². The third kappa shape index (κ3) is 11.2. The van der Waals surface area contributed by atoms with Crippen molar-refractivity contribution in [3.63, 3.8) is 0 Å². The highest BCUT2D eigenvalue weighted by molar-refractivity contribution is 9.11. The Kier molecular flexibility index (Phi) is 19.8. The van der Waals surface area contributed by atoms with E-state index in [4.69, 9.17) is 0 Å². The van der Waals surface area contributed by atoms with E-state index in [1.165, 1.54) is 51.4 Å². The minimum Gasteiger partial charge on any atom is -0.339 e. The number of nitrogens with zero attached hydrogens (tertiary/aromatic N) is 2. The van der Waals surface area contributed by atoms with Gasteiger partial charge in [-0.1, -0.05) is 172 Å². The fourth-order valence-corrected chi connectivity index (χ4v) is 12.9. The third-order valence-corrected chi connectivity index (χ3v) is 16.8. The van der Waals surface area contributed by atoms with Gasteiger partial charge in [0.25, 0.3) is 17.7 Å². The molecule has 1 aliphatic heterocycles. The van der Waals surface area contributed by atoms with Crippen LogP contribution in [0.15, 0.2) is 42.2 Å². The first kappa shape index (κ1) is 52.0. The standard InChI is InChI=1S/C55H70Br4N2O4/c1-6-10-14-18-22-26-35(27-23-19-15-11-7-2)60(5)53(63)49-43(57)31-38-40-33-45(59)51-52-47(40)39(37-30-42(56)41(34-62)48(49)46(37)38)32-44(58)50(52)54(64)61(55(51)65)36(28-24-20-16-12-8-3)29-25-21-17-13-9-4/h30-36H,6-29H2,1-5H3. The van der Waals surface area contributed by atoms with Crippen LogP contribution in [-0.2, 0) is 0 Å². The van der Waals surface area contributed by atoms with Crippen molar-refractivity contribution in [1.29, 1.82) is 0 Å². The van der Waals surface area contributed by atoms with Crippen LogP contribution in [-0.4, -0.2) is 52.9 Å². The molecule has 0 spiro atoms. The van der Waals surface area contributed by atoms with Crippen molar-refractivity contribution in [3.8, 4) is 0 Å². The minimum absolute atomic E-state index is 0.0757. The number of aldehydes is 1. The molecule has 65 heavy (non-hydrogen) atoms. The normalized spacial score (nSPS) is 13.1. The molecule has 5 aromatic rings. The van der Waals surface area contributed by atoms with Crippen molar-refractivity contribution in [2.45, 2.75) is 194 Å². The monoisotopic (exact) mass is 1140 g/mol. The predicted molar refractivity (Wildman–Crippen MR) is 288 cm³/mol. The van der Waals surface area contributed by atoms with Crippen LogP contribution in [0, 0.1) is 0 Å². The van der Waals surface area contributed by atoms with Gasteiger partial charge in [-0.25, -0.2) is 0 Å². The summed E-state index contributed by atoms with van der Waals surface area (Å²) in [5, 5.41) is 6.24. The lowest BCUT2D eigenvalue weighted by Gasteiger charge is -2.35. The molecule has 0 aliphatic carbocycles. The summed E-state index contributed by atoms with van der Waals surface area (Å²) < 4.78 is 2.44. The van der Waals surface area contributed by atoms with E-state index in [-0.39, 0.29) is 29.8 Å². The maximum Gasteiger partial charge on any atom is 0.262 e. The van der Waals surface area contributed by atoms with Crippen molar-refractivity contribution in [2.75, 3.05) is 7.05 Å². The topological polar surface area (TPSA) is 74.8 Å². The van der Waals surface area contributed by atoms with Crippen LogP contribution in [0.25, 0.3) is 43.1 Å². The van der Waals surface area contributed by atoms with Gasteiger partial charge in [-0.15, -0.1) is 0 Å². The fraction of sp³-hybridized carbons (Fsp3) is 0.564. The summed E-state index contributed by atoms with van der Waals surface area (Å²) in [5.74, 6) is -0.607. The Morgan fingerprint density at radius 3 is 1.31 bits per heavy atom. The van der Waals surface area contributed by atoms with Crippen LogP contribution in [0.1, 0.15) is 223 Å². The summed E-state index contributed by atoms with van der Waals surface area (Å²) in [6.45, 7) is 8.90. The molecular weight excluding hydrogens is 1070 g/mol. The van der Waals surface area contributed by atoms with E-state index in [2.05, 4.69) is 91.4 Å². The highest BCUT2D eigenvalue weighted by Crippen LogP contribution is 2.51. The maximum absolute atomic E-state index is 15.1. The SMILES string of the molecule is CCCCCCCC(CCCCCCC)N(C)C(=O)c1c(Br)cc2c3cc(Br)c4c5c(c(Br)cc(c6cc(Br)c(C=O)c1c62)c53)C(=O)N(C(CCCCCCC)CCCCCCC)C4=O. The molecule has 0 bridgehead atoms. The van der Waals surface area contributed by atoms with Crippen LogP contribution in [0.2, 0.25) is 0 Å². The van der Waals surface area contributed by atoms with Crippen molar-refractivity contribution >= 4 is 131 Å². The molecule has 352 valence electrons. The van der Waals surface area contributed by atoms with Gasteiger partial charge in [-0.2, -0.15) is 0 Å². The molecule has 5 aromatic carbocycles. The van der Waals surface area contributed by atoms with Crippen LogP contribution in [0.3, 0.4) is 0 Å². The summed E-state index contributed by atoms with van der Waals surface area (Å²) in [6.07, 6.45) is 27.2. The summed E-state index contributed by atoms with van der Waals surface area (Å²) in [7, 11) is 1.94. The minimum atomic E-state index is -0.249. The summed E-state index contributed by atoms with van der Waals surface area (Å²) in [6, 6.07) is 7.90. The molecule has 0 atom stereocenters. The number of carbonyl (C=O) groups excluding carboxylic acids is 4. The Labute approximate surface area is 422 Å². The molecule has 1 aliphatic rings. The second-order valence-corrected chi connectivity index (χ2v) is 22.2. The van der Waals surface area contributed by atoms with Gasteiger partial charge in [0.05, 0.1) is 16.7 Å². The van der Waals surface area contributed by atoms with E-state index in [1.54, 1.807) is 4.90 Å². The van der Waals surface area contributed by atoms with Gasteiger partial charge in [-0.3, -0.25) is 24.1 Å². The van der Waals surface area contributed by atoms with E-state index in [1.807, 2.05) is 36.2 Å². The Morgan fingerprint density at radius 1 is 0.523 bits per heavy atom. The van der Waals surface area contributed by atoms with Crippen molar-refractivity contribution < 1.29 is 19.2 Å². The lowest BCUT2D eigenvalue weighted by molar-refractivity contribution is 0.0515. The molecule has 6 nitrogen and oxygen atoms in total. The number of hydrogen-bond acceptors (Lipinski definition) is 4. The third-order valence-electron chi connectivity index (χ3n) is 14.2. The van der Waals surface area contributed by atoms with Crippen molar-refractivity contribution in [2.24, 2.45) is 0 Å². The molecule has 1 heterocycles. The first-order valence-corrected chi connectivity index (χ1v) is 28.2. The number of amides is 3. The fourth-order valence-electron chi connectivity index (χ4n) is 10.6. The molecule has 0 saturated carbocycles. The summed E-state index contributed by atoms with van der Waals surface area (Å²) in [4.78, 5) is 62.0. The lowest BCUT2D eigenvalue weighted by Crippen LogP contribution is -2.47. The van der Waals surface area contributed by atoms with Gasteiger partial charge < -0.3 is 4.90 Å². The van der Waals surface area contributed by atoms with E-state index >= 15 is 14.4 Å². The maximum atomic E-state index is 15.1. The number of benzene rings is 5. The quantitative estimate of drug-likeness (QED) is 0.0164. The van der Waals surface area contributed by atoms with Gasteiger partial charge in [0.15, 0.2) is 6.29 Å². The number of unbranched alkanes of at least 4 members (excludes halogenated alkanes) is 16. The van der Waals surface area contributed by atoms with Crippen molar-refractivity contribution in [1.82, 2.24) is 9.80 Å². The van der Waals surface area contributed by atoms with Crippen LogP contribution in [0.4, 0.5) is 0 Å². The zero-order chi connectivity index (χ0) is 46.8. The molecule has 3 amide bonds. The average Bonchev–Trinajstić information content (AvgIpc) is 3.28. The molecule has 0 fully saturated rings. The summed E-state index contributed by atoms with van der Waals surface area (Å²) in [5.41, 5.74) is 1.91. The Balaban J connectivity index is 1.50. The van der Waals surface area contributed by atoms with Crippen LogP contribution < -0.4 is 0 Å². The van der Waals surface area contributed by atoms with E-state index < -0.39 is 0 Å². The zero-order valence-corrected chi connectivity index (χ0v) is 45.9. The number of imide groups is 1. The predicted octanol–water partition coefficient (Wildman–Crippen LogP) is 18.4. The van der Waals surface area contributed by atoms with Gasteiger partial charge in [-0.05, 0) is 130 Å². The Bertz CT molecular complexity index is 2380. The van der Waals surface area contributed by atoms with E-state index in [0.717, 1.165) is 141 Å². The molecule has 0 unspecified atom stereocenters. The second-order valence-electron chi connectivity index (χ2n) is 18.8. The zero-order valence-electron chi connectivity index (χ0n) is 39.6. The molecule has 0 aromatic heterocycles. The molecule has 0 saturated heterocycles. The first-order valence-electron chi connectivity index (χ1n) is 25.0. The highest BCUT2D eigenvalue weighted by Gasteiger charge is 2.41. The average molecular weight is 1140 g/mol. The molecule has 10 heteroatoms. The first-order chi connectivity index (χ1) is 31.5. The number of halogens is 4. The number of carbonyl (C=O) groups is 4. The molecule has 0 N–H and O–H groups in total. The van der Waals surface area contributed by atoms with Gasteiger partial charge in [0.2, 0.25) is 0 Å². The van der Waals surface area contributed by atoms with Crippen LogP contribution >= 0.6 is 63.7 Å². The van der Waals surface area contributed by atoms with E-state index in [0.29, 0.717) is 50.9 Å². The number of rotatable bonds is 28. The smallest absolute Gasteiger partial charge is 0.262 e. The number of hydrogen-bond donors (Lipinski definition) is 0. The van der Waals surface area contributed by atoms with E-state index in [9.17, 15) is 4.79 Å². The molecule has 6 rings (SSSR count). The molecule has 0 radical (unpaired) electrons. The summed E-state index contributed by atoms with van der Waals surface area (Å²) >= 11 is 15.4. The van der Waals surface area contributed by atoms with Crippen LogP contribution in [0.5, 0.6) is 0 Å². The number of fused-ring (bicyclic) bond motifs is 2. The lowest BCUT2D eigenvalue weighted by atomic mass is 9.82. The molecular formula is C55H70Br4N2O4. The highest BCUT2D eigenvalue weighted by atomic mass is 79.9. The van der Waals surface area contributed by atoms with Gasteiger partial charge in [0.1, 0.15) is 0 Å². The van der Waals surface area contributed by atoms with Crippen molar-refractivity contribution in [3.05, 3.63) is 64.4 Å². The second kappa shape index (κ2) is 24.8.